The molecule has 0 aromatic carbocycles. The van der Waals surface area contributed by atoms with Gasteiger partial charge in [0.1, 0.15) is 0 Å². The minimum Gasteiger partial charge on any atom is -0.382 e. The van der Waals surface area contributed by atoms with Gasteiger partial charge in [0, 0.05) is 7.11 Å². The highest BCUT2D eigenvalue weighted by molar-refractivity contribution is 6.07. The summed E-state index contributed by atoms with van der Waals surface area (Å²) in [7, 11) is 1.64. The highest BCUT2D eigenvalue weighted by Gasteiger charge is 1.93. The van der Waals surface area contributed by atoms with Crippen LogP contribution in [0.3, 0.4) is 0 Å². The third kappa shape index (κ3) is 20.0. The van der Waals surface area contributed by atoms with Crippen LogP contribution in [0.25, 0.3) is 0 Å². The molecule has 0 N–H and O–H groups in total. The summed E-state index contributed by atoms with van der Waals surface area (Å²) >= 11 is 5.02. The maximum absolute atomic E-state index is 5.33. The third-order valence-corrected chi connectivity index (χ3v) is 2.38. The minimum atomic E-state index is 0.377. The van der Waals surface area contributed by atoms with Gasteiger partial charge in [0.2, 0.25) is 0 Å². The lowest BCUT2D eigenvalue weighted by molar-refractivity contribution is -0.0158. The summed E-state index contributed by atoms with van der Waals surface area (Å²) in [6, 6.07) is 0. The molecular formula is C13H27ClO7. The van der Waals surface area contributed by atoms with E-state index in [9.17, 15) is 0 Å². The van der Waals surface area contributed by atoms with Crippen molar-refractivity contribution in [2.75, 3.05) is 86.4 Å². The molecule has 0 aromatic heterocycles. The van der Waals surface area contributed by atoms with Crippen LogP contribution in [0.15, 0.2) is 0 Å². The Balaban J connectivity index is 2.90. The Morgan fingerprint density at radius 3 is 1.05 bits per heavy atom. The molecule has 0 rings (SSSR count). The molecule has 0 aliphatic carbocycles. The largest absolute Gasteiger partial charge is 0.382 e. The molecule has 0 bridgehead atoms. The molecule has 0 atom stereocenters. The summed E-state index contributed by atoms with van der Waals surface area (Å²) in [5, 5.41) is 0. The van der Waals surface area contributed by atoms with Crippen molar-refractivity contribution in [1.82, 2.24) is 0 Å². The molecule has 0 heterocycles. The van der Waals surface area contributed by atoms with Gasteiger partial charge in [-0.2, -0.15) is 0 Å². The first-order valence-electron chi connectivity index (χ1n) is 7.03. The van der Waals surface area contributed by atoms with E-state index in [1.54, 1.807) is 7.11 Å². The Hall–Kier alpha value is 0.01000. The van der Waals surface area contributed by atoms with Gasteiger partial charge in [-0.05, 0) is 0 Å². The zero-order valence-corrected chi connectivity index (χ0v) is 13.5. The molecule has 0 aliphatic heterocycles. The number of hydrogen-bond donors (Lipinski definition) is 0. The number of methoxy groups -OCH3 is 1. The van der Waals surface area contributed by atoms with Gasteiger partial charge in [0.25, 0.3) is 0 Å². The predicted octanol–water partition coefficient (Wildman–Crippen LogP) is 0.886. The van der Waals surface area contributed by atoms with Crippen LogP contribution in [-0.4, -0.2) is 86.4 Å². The van der Waals surface area contributed by atoms with Crippen molar-refractivity contribution >= 4 is 11.9 Å². The van der Waals surface area contributed by atoms with E-state index < -0.39 is 0 Å². The second-order valence-corrected chi connectivity index (χ2v) is 4.09. The second-order valence-electron chi connectivity index (χ2n) is 3.87. The quantitative estimate of drug-likeness (QED) is 0.346. The minimum absolute atomic E-state index is 0.377. The van der Waals surface area contributed by atoms with E-state index >= 15 is 0 Å². The normalized spacial score (nSPS) is 11.1. The molecule has 0 unspecified atom stereocenters. The van der Waals surface area contributed by atoms with Gasteiger partial charge in [-0.15, -0.1) is 0 Å². The fourth-order valence-corrected chi connectivity index (χ4v) is 1.28. The van der Waals surface area contributed by atoms with E-state index in [-0.39, 0.29) is 0 Å². The molecular weight excluding hydrogens is 304 g/mol. The first-order chi connectivity index (χ1) is 10.4. The fraction of sp³-hybridized carbons (Fsp3) is 1.00. The number of halogens is 1. The van der Waals surface area contributed by atoms with E-state index in [0.717, 1.165) is 0 Å². The maximum Gasteiger partial charge on any atom is 0.0916 e. The van der Waals surface area contributed by atoms with Crippen molar-refractivity contribution in [3.05, 3.63) is 0 Å². The first-order valence-corrected chi connectivity index (χ1v) is 7.34. The summed E-state index contributed by atoms with van der Waals surface area (Å²) in [6.07, 6.45) is 0. The Morgan fingerprint density at radius 1 is 0.476 bits per heavy atom. The summed E-state index contributed by atoms with van der Waals surface area (Å²) in [4.78, 5) is 0. The first kappa shape index (κ1) is 21.0. The van der Waals surface area contributed by atoms with Crippen LogP contribution in [0, 0.1) is 0 Å². The van der Waals surface area contributed by atoms with Gasteiger partial charge >= 0.3 is 0 Å². The van der Waals surface area contributed by atoms with E-state index in [1.165, 1.54) is 0 Å². The Morgan fingerprint density at radius 2 is 0.762 bits per heavy atom. The monoisotopic (exact) mass is 330 g/mol. The summed E-state index contributed by atoms with van der Waals surface area (Å²) in [5.41, 5.74) is 0. The van der Waals surface area contributed by atoms with Crippen LogP contribution in [0.2, 0.25) is 0 Å². The molecule has 7 nitrogen and oxygen atoms in total. The van der Waals surface area contributed by atoms with Gasteiger partial charge in [-0.1, -0.05) is 0 Å². The van der Waals surface area contributed by atoms with E-state index in [0.29, 0.717) is 79.3 Å². The molecule has 8 heteroatoms. The Kier molecular flexibility index (Phi) is 20.0. The SMILES string of the molecule is COCCOCCOCCOCCOCCOCCOCl. The van der Waals surface area contributed by atoms with Gasteiger partial charge in [-0.25, -0.2) is 0 Å². The molecule has 0 fully saturated rings. The summed E-state index contributed by atoms with van der Waals surface area (Å²) < 4.78 is 35.5. The van der Waals surface area contributed by atoms with Crippen molar-refractivity contribution in [1.29, 1.82) is 0 Å². The predicted molar refractivity (Wildman–Crippen MR) is 77.8 cm³/mol. The lowest BCUT2D eigenvalue weighted by atomic mass is 10.7. The van der Waals surface area contributed by atoms with Crippen molar-refractivity contribution in [2.45, 2.75) is 0 Å². The van der Waals surface area contributed by atoms with Gasteiger partial charge in [0.05, 0.1) is 91.1 Å². The van der Waals surface area contributed by atoms with Crippen LogP contribution in [0.5, 0.6) is 0 Å². The highest BCUT2D eigenvalue weighted by Crippen LogP contribution is 1.85. The molecule has 0 saturated carbocycles. The average molecular weight is 331 g/mol. The van der Waals surface area contributed by atoms with Crippen LogP contribution >= 0.6 is 11.9 Å². The number of hydrogen-bond acceptors (Lipinski definition) is 7. The molecule has 21 heavy (non-hydrogen) atoms. The standard InChI is InChI=1S/C13H27ClO7/c1-15-2-3-16-4-5-17-6-7-18-8-9-19-10-11-20-12-13-21-14/h2-13H2,1H3. The lowest BCUT2D eigenvalue weighted by Gasteiger charge is -2.07. The maximum atomic E-state index is 5.33. The summed E-state index contributed by atoms with van der Waals surface area (Å²) in [6.45, 7) is 6.40. The van der Waals surface area contributed by atoms with Crippen molar-refractivity contribution < 1.29 is 32.7 Å². The Bertz CT molecular complexity index is 168. The van der Waals surface area contributed by atoms with Crippen molar-refractivity contribution in [3.63, 3.8) is 0 Å². The van der Waals surface area contributed by atoms with Crippen LogP contribution < -0.4 is 0 Å². The topological polar surface area (TPSA) is 64.6 Å². The third-order valence-electron chi connectivity index (χ3n) is 2.22. The van der Waals surface area contributed by atoms with Gasteiger partial charge in [0.15, 0.2) is 0 Å². The van der Waals surface area contributed by atoms with Gasteiger partial charge < -0.3 is 28.4 Å². The molecule has 0 amide bonds. The van der Waals surface area contributed by atoms with Crippen molar-refractivity contribution in [3.8, 4) is 0 Å². The number of ether oxygens (including phenoxy) is 6. The van der Waals surface area contributed by atoms with E-state index in [4.69, 9.17) is 40.3 Å². The lowest BCUT2D eigenvalue weighted by Crippen LogP contribution is -2.14. The zero-order chi connectivity index (χ0) is 15.4. The summed E-state index contributed by atoms with van der Waals surface area (Å²) in [5.74, 6) is 0. The molecule has 0 aliphatic rings. The van der Waals surface area contributed by atoms with Gasteiger partial charge in [-0.3, -0.25) is 4.29 Å². The zero-order valence-electron chi connectivity index (χ0n) is 12.7. The Labute approximate surface area is 131 Å². The van der Waals surface area contributed by atoms with E-state index in [1.807, 2.05) is 0 Å². The molecule has 0 spiro atoms. The number of rotatable bonds is 18. The van der Waals surface area contributed by atoms with Crippen molar-refractivity contribution in [2.24, 2.45) is 0 Å². The molecule has 0 radical (unpaired) electrons. The molecule has 0 aromatic rings. The average Bonchev–Trinajstić information content (AvgIpc) is 2.50. The van der Waals surface area contributed by atoms with Crippen LogP contribution in [0.1, 0.15) is 0 Å². The highest BCUT2D eigenvalue weighted by atomic mass is 35.5. The smallest absolute Gasteiger partial charge is 0.0916 e. The van der Waals surface area contributed by atoms with Crippen LogP contribution in [-0.2, 0) is 32.7 Å². The molecule has 128 valence electrons. The fourth-order valence-electron chi connectivity index (χ4n) is 1.21. The van der Waals surface area contributed by atoms with E-state index in [2.05, 4.69) is 4.29 Å². The van der Waals surface area contributed by atoms with Crippen LogP contribution in [0.4, 0.5) is 0 Å². The molecule has 0 saturated heterocycles. The second kappa shape index (κ2) is 20.0.